The largest absolute Gasteiger partial charge is 0.339 e. The van der Waals surface area contributed by atoms with Crippen molar-refractivity contribution in [2.45, 2.75) is 19.8 Å². The quantitative estimate of drug-likeness (QED) is 0.823. The summed E-state index contributed by atoms with van der Waals surface area (Å²) in [6.07, 6.45) is 3.07. The fourth-order valence-corrected chi connectivity index (χ4v) is 2.54. The van der Waals surface area contributed by atoms with Gasteiger partial charge in [-0.1, -0.05) is 0 Å². The van der Waals surface area contributed by atoms with Crippen molar-refractivity contribution in [2.75, 3.05) is 26.2 Å². The number of nitrogens with zero attached hydrogens (tertiary/aromatic N) is 3. The summed E-state index contributed by atoms with van der Waals surface area (Å²) in [5.41, 5.74) is 0.673. The van der Waals surface area contributed by atoms with E-state index in [1.165, 1.54) is 6.07 Å². The van der Waals surface area contributed by atoms with Crippen LogP contribution >= 0.6 is 0 Å². The Kier molecular flexibility index (Phi) is 3.61. The van der Waals surface area contributed by atoms with Gasteiger partial charge in [0.25, 0.3) is 5.91 Å². The molecule has 0 N–H and O–H groups in total. The van der Waals surface area contributed by atoms with Crippen LogP contribution in [0, 0.1) is 18.7 Å². The van der Waals surface area contributed by atoms with Crippen LogP contribution in [0.25, 0.3) is 0 Å². The molecule has 0 atom stereocenters. The van der Waals surface area contributed by atoms with Crippen LogP contribution in [0.2, 0.25) is 0 Å². The lowest BCUT2D eigenvalue weighted by molar-refractivity contribution is -0.134. The molecule has 0 spiro atoms. The Morgan fingerprint density at radius 3 is 2.38 bits per heavy atom. The van der Waals surface area contributed by atoms with Crippen molar-refractivity contribution in [1.82, 2.24) is 14.8 Å². The Hall–Kier alpha value is -1.98. The molecule has 1 saturated heterocycles. The molecule has 0 aromatic carbocycles. The smallest absolute Gasteiger partial charge is 0.272 e. The molecule has 6 heteroatoms. The Labute approximate surface area is 122 Å². The number of rotatable bonds is 2. The summed E-state index contributed by atoms with van der Waals surface area (Å²) < 4.78 is 13.2. The van der Waals surface area contributed by atoms with Crippen molar-refractivity contribution < 1.29 is 14.0 Å². The summed E-state index contributed by atoms with van der Waals surface area (Å²) in [6.45, 7) is 3.77. The molecule has 2 aliphatic rings. The van der Waals surface area contributed by atoms with Crippen LogP contribution in [-0.2, 0) is 4.79 Å². The van der Waals surface area contributed by atoms with Gasteiger partial charge in [-0.25, -0.2) is 9.37 Å². The summed E-state index contributed by atoms with van der Waals surface area (Å²) in [6, 6.07) is 1.47. The Morgan fingerprint density at radius 1 is 1.19 bits per heavy atom. The number of hydrogen-bond acceptors (Lipinski definition) is 3. The number of halogens is 1. The molecule has 1 aromatic rings. The molecule has 2 heterocycles. The number of carbonyl (C=O) groups excluding carboxylic acids is 2. The highest BCUT2D eigenvalue weighted by atomic mass is 19.1. The first-order valence-corrected chi connectivity index (χ1v) is 7.26. The maximum absolute atomic E-state index is 13.2. The molecule has 1 aliphatic carbocycles. The second-order valence-electron chi connectivity index (χ2n) is 5.71. The topological polar surface area (TPSA) is 53.5 Å². The van der Waals surface area contributed by atoms with Gasteiger partial charge in [0, 0.05) is 32.1 Å². The summed E-state index contributed by atoms with van der Waals surface area (Å²) in [5, 5.41) is 0. The van der Waals surface area contributed by atoms with E-state index in [-0.39, 0.29) is 23.4 Å². The fraction of sp³-hybridized carbons (Fsp3) is 0.533. The molecule has 1 saturated carbocycles. The fourth-order valence-electron chi connectivity index (χ4n) is 2.54. The number of piperazine rings is 1. The van der Waals surface area contributed by atoms with Crippen molar-refractivity contribution in [1.29, 1.82) is 0 Å². The number of carbonyl (C=O) groups is 2. The second kappa shape index (κ2) is 5.42. The number of aromatic nitrogens is 1. The standard InChI is InChI=1S/C15H18FN3O2/c1-10-8-13(17-9-12(10)16)15(21)19-6-4-18(5-7-19)14(20)11-2-3-11/h8-9,11H,2-7H2,1H3. The van der Waals surface area contributed by atoms with E-state index >= 15 is 0 Å². The molecule has 112 valence electrons. The summed E-state index contributed by atoms with van der Waals surface area (Å²) in [7, 11) is 0. The molecule has 1 aromatic heterocycles. The van der Waals surface area contributed by atoms with Gasteiger partial charge in [-0.2, -0.15) is 0 Å². The summed E-state index contributed by atoms with van der Waals surface area (Å²) >= 11 is 0. The zero-order valence-corrected chi connectivity index (χ0v) is 12.0. The van der Waals surface area contributed by atoms with Crippen molar-refractivity contribution in [3.63, 3.8) is 0 Å². The minimum atomic E-state index is -0.411. The van der Waals surface area contributed by atoms with Gasteiger partial charge in [0.1, 0.15) is 11.5 Å². The maximum atomic E-state index is 13.2. The van der Waals surface area contributed by atoms with Crippen LogP contribution in [-0.4, -0.2) is 52.8 Å². The lowest BCUT2D eigenvalue weighted by atomic mass is 10.2. The van der Waals surface area contributed by atoms with Crippen LogP contribution in [0.3, 0.4) is 0 Å². The molecule has 21 heavy (non-hydrogen) atoms. The van der Waals surface area contributed by atoms with Gasteiger partial charge in [-0.3, -0.25) is 9.59 Å². The number of hydrogen-bond donors (Lipinski definition) is 0. The monoisotopic (exact) mass is 291 g/mol. The van der Waals surface area contributed by atoms with Gasteiger partial charge in [0.15, 0.2) is 0 Å². The van der Waals surface area contributed by atoms with Crippen molar-refractivity contribution in [3.8, 4) is 0 Å². The molecule has 1 aliphatic heterocycles. The first-order valence-electron chi connectivity index (χ1n) is 7.26. The molecule has 3 rings (SSSR count). The molecule has 2 fully saturated rings. The van der Waals surface area contributed by atoms with E-state index in [0.29, 0.717) is 31.7 Å². The highest BCUT2D eigenvalue weighted by molar-refractivity contribution is 5.92. The zero-order valence-electron chi connectivity index (χ0n) is 12.0. The van der Waals surface area contributed by atoms with Crippen LogP contribution < -0.4 is 0 Å². The average molecular weight is 291 g/mol. The molecular weight excluding hydrogens is 273 g/mol. The first kappa shape index (κ1) is 14.0. The first-order chi connectivity index (χ1) is 10.1. The number of amides is 2. The van der Waals surface area contributed by atoms with Crippen LogP contribution in [0.5, 0.6) is 0 Å². The van der Waals surface area contributed by atoms with E-state index in [1.807, 2.05) is 4.90 Å². The Balaban J connectivity index is 1.61. The van der Waals surface area contributed by atoms with Gasteiger partial charge >= 0.3 is 0 Å². The van der Waals surface area contributed by atoms with Crippen LogP contribution in [0.4, 0.5) is 4.39 Å². The van der Waals surface area contributed by atoms with Crippen molar-refractivity contribution in [3.05, 3.63) is 29.3 Å². The van der Waals surface area contributed by atoms with E-state index in [4.69, 9.17) is 0 Å². The van der Waals surface area contributed by atoms with Crippen molar-refractivity contribution in [2.24, 2.45) is 5.92 Å². The highest BCUT2D eigenvalue weighted by Gasteiger charge is 2.35. The minimum absolute atomic E-state index is 0.198. The van der Waals surface area contributed by atoms with E-state index in [2.05, 4.69) is 4.98 Å². The predicted molar refractivity (Wildman–Crippen MR) is 74.1 cm³/mol. The third-order valence-electron chi connectivity index (χ3n) is 4.07. The van der Waals surface area contributed by atoms with Crippen LogP contribution in [0.1, 0.15) is 28.9 Å². The SMILES string of the molecule is Cc1cc(C(=O)N2CCN(C(=O)C3CC3)CC2)ncc1F. The molecule has 5 nitrogen and oxygen atoms in total. The summed E-state index contributed by atoms with van der Waals surface area (Å²) in [4.78, 5) is 31.7. The van der Waals surface area contributed by atoms with E-state index in [9.17, 15) is 14.0 Å². The summed E-state index contributed by atoms with van der Waals surface area (Å²) in [5.74, 6) is -0.172. The maximum Gasteiger partial charge on any atom is 0.272 e. The normalized spacial score (nSPS) is 18.8. The van der Waals surface area contributed by atoms with E-state index in [0.717, 1.165) is 19.0 Å². The van der Waals surface area contributed by atoms with Gasteiger partial charge in [-0.15, -0.1) is 0 Å². The van der Waals surface area contributed by atoms with Crippen LogP contribution in [0.15, 0.2) is 12.3 Å². The second-order valence-corrected chi connectivity index (χ2v) is 5.71. The highest BCUT2D eigenvalue weighted by Crippen LogP contribution is 2.31. The number of pyridine rings is 1. The molecule has 0 unspecified atom stereocenters. The van der Waals surface area contributed by atoms with Crippen molar-refractivity contribution >= 4 is 11.8 Å². The Morgan fingerprint density at radius 2 is 1.81 bits per heavy atom. The lowest BCUT2D eigenvalue weighted by Gasteiger charge is -2.34. The van der Waals surface area contributed by atoms with E-state index in [1.54, 1.807) is 11.8 Å². The Bertz CT molecular complexity index is 578. The third-order valence-corrected chi connectivity index (χ3v) is 4.07. The third kappa shape index (κ3) is 2.89. The zero-order chi connectivity index (χ0) is 15.0. The average Bonchev–Trinajstić information content (AvgIpc) is 3.33. The molecule has 2 amide bonds. The van der Waals surface area contributed by atoms with Gasteiger partial charge < -0.3 is 9.80 Å². The van der Waals surface area contributed by atoms with E-state index < -0.39 is 5.82 Å². The predicted octanol–water partition coefficient (Wildman–Crippen LogP) is 1.22. The molecule has 0 bridgehead atoms. The molecular formula is C15H18FN3O2. The van der Waals surface area contributed by atoms with Gasteiger partial charge in [0.05, 0.1) is 6.20 Å². The molecule has 0 radical (unpaired) electrons. The van der Waals surface area contributed by atoms with Gasteiger partial charge in [-0.05, 0) is 31.4 Å². The van der Waals surface area contributed by atoms with Gasteiger partial charge in [0.2, 0.25) is 5.91 Å². The lowest BCUT2D eigenvalue weighted by Crippen LogP contribution is -2.51. The number of aryl methyl sites for hydroxylation is 1. The minimum Gasteiger partial charge on any atom is -0.339 e.